The second-order valence-corrected chi connectivity index (χ2v) is 6.47. The zero-order valence-corrected chi connectivity index (χ0v) is 16.0. The molecule has 0 bridgehead atoms. The van der Waals surface area contributed by atoms with Crippen molar-refractivity contribution in [2.45, 2.75) is 0 Å². The quantitative estimate of drug-likeness (QED) is 0.253. The molecule has 0 saturated carbocycles. The average molecular weight is 412 g/mol. The Balaban J connectivity index is 1.66. The molecule has 0 fully saturated rings. The molecule has 0 spiro atoms. The van der Waals surface area contributed by atoms with Crippen LogP contribution >= 0.6 is 11.3 Å². The monoisotopic (exact) mass is 412 g/mol. The number of ether oxygens (including phenoxy) is 1. The topological polar surface area (TPSA) is 145 Å². The number of non-ortho nitro benzene ring substituents is 1. The van der Waals surface area contributed by atoms with Gasteiger partial charge in [0.15, 0.2) is 0 Å². The van der Waals surface area contributed by atoms with Crippen LogP contribution in [0.2, 0.25) is 0 Å². The van der Waals surface area contributed by atoms with Crippen molar-refractivity contribution < 1.29 is 14.5 Å². The highest BCUT2D eigenvalue weighted by Gasteiger charge is 2.11. The van der Waals surface area contributed by atoms with E-state index in [-0.39, 0.29) is 11.6 Å². The van der Waals surface area contributed by atoms with Gasteiger partial charge in [0.05, 0.1) is 17.7 Å². The number of nitro groups is 1. The van der Waals surface area contributed by atoms with Crippen LogP contribution in [0.1, 0.15) is 0 Å². The molecular formula is C18H16N6O4S. The van der Waals surface area contributed by atoms with E-state index in [1.54, 1.807) is 41.8 Å². The zero-order valence-electron chi connectivity index (χ0n) is 15.2. The number of urea groups is 1. The lowest BCUT2D eigenvalue weighted by molar-refractivity contribution is -0.384. The Labute approximate surface area is 169 Å². The summed E-state index contributed by atoms with van der Waals surface area (Å²) in [6.45, 7) is 0. The first-order chi connectivity index (χ1) is 13.9. The van der Waals surface area contributed by atoms with Gasteiger partial charge in [-0.15, -0.1) is 11.3 Å². The van der Waals surface area contributed by atoms with Crippen molar-refractivity contribution in [3.8, 4) is 17.0 Å². The Morgan fingerprint density at radius 3 is 2.83 bits per heavy atom. The van der Waals surface area contributed by atoms with Crippen LogP contribution in [0.5, 0.6) is 5.75 Å². The second kappa shape index (κ2) is 8.80. The minimum absolute atomic E-state index is 0.0315. The number of amides is 2. The van der Waals surface area contributed by atoms with Crippen molar-refractivity contribution in [3.05, 3.63) is 64.0 Å². The number of benzene rings is 2. The SMILES string of the molecule is COc1cccc(NC(=O)N/C(N)=N/c2nc(-c3cccc([N+](=O)[O-])c3)cs2)c1. The first-order valence-corrected chi connectivity index (χ1v) is 9.09. The molecule has 0 aliphatic rings. The summed E-state index contributed by atoms with van der Waals surface area (Å²) in [5.41, 5.74) is 7.35. The molecule has 148 valence electrons. The van der Waals surface area contributed by atoms with E-state index < -0.39 is 11.0 Å². The standard InChI is InChI=1S/C18H16N6O4S/c1-28-14-7-3-5-12(9-14)20-17(25)22-16(19)23-18-21-15(10-29-18)11-4-2-6-13(8-11)24(26)27/h2-10H,1H3,(H4,19,20,21,22,23,25). The van der Waals surface area contributed by atoms with Gasteiger partial charge >= 0.3 is 6.03 Å². The highest BCUT2D eigenvalue weighted by atomic mass is 32.1. The first kappa shape index (κ1) is 19.8. The van der Waals surface area contributed by atoms with E-state index in [0.29, 0.717) is 27.8 Å². The van der Waals surface area contributed by atoms with Gasteiger partial charge in [0, 0.05) is 34.8 Å². The average Bonchev–Trinajstić information content (AvgIpc) is 3.16. The maximum atomic E-state index is 12.0. The van der Waals surface area contributed by atoms with Crippen LogP contribution in [0.25, 0.3) is 11.3 Å². The number of carbonyl (C=O) groups is 1. The van der Waals surface area contributed by atoms with Gasteiger partial charge in [-0.2, -0.15) is 4.99 Å². The number of aromatic nitrogens is 1. The summed E-state index contributed by atoms with van der Waals surface area (Å²) >= 11 is 1.19. The maximum absolute atomic E-state index is 12.0. The highest BCUT2D eigenvalue weighted by Crippen LogP contribution is 2.28. The fourth-order valence-electron chi connectivity index (χ4n) is 2.34. The Morgan fingerprint density at radius 2 is 2.07 bits per heavy atom. The number of thiazole rings is 1. The molecule has 2 amide bonds. The fourth-order valence-corrected chi connectivity index (χ4v) is 3.05. The summed E-state index contributed by atoms with van der Waals surface area (Å²) < 4.78 is 5.09. The summed E-state index contributed by atoms with van der Waals surface area (Å²) in [5, 5.41) is 17.9. The molecule has 0 atom stereocenters. The van der Waals surface area contributed by atoms with Gasteiger partial charge in [0.2, 0.25) is 11.1 Å². The van der Waals surface area contributed by atoms with E-state index in [1.807, 2.05) is 0 Å². The van der Waals surface area contributed by atoms with E-state index in [0.717, 1.165) is 0 Å². The third kappa shape index (κ3) is 5.26. The summed E-state index contributed by atoms with van der Waals surface area (Å²) in [5.74, 6) is 0.450. The van der Waals surface area contributed by atoms with E-state index in [9.17, 15) is 14.9 Å². The van der Waals surface area contributed by atoms with Crippen LogP contribution in [-0.2, 0) is 0 Å². The van der Waals surface area contributed by atoms with Crippen LogP contribution in [0, 0.1) is 10.1 Å². The number of nitrogens with two attached hydrogens (primary N) is 1. The number of aliphatic imine (C=N–C) groups is 1. The molecule has 4 N–H and O–H groups in total. The molecule has 10 nitrogen and oxygen atoms in total. The van der Waals surface area contributed by atoms with Crippen molar-refractivity contribution in [1.29, 1.82) is 0 Å². The molecular weight excluding hydrogens is 396 g/mol. The van der Waals surface area contributed by atoms with Crippen LogP contribution in [0.4, 0.5) is 21.3 Å². The van der Waals surface area contributed by atoms with E-state index in [2.05, 4.69) is 20.6 Å². The molecule has 0 saturated heterocycles. The van der Waals surface area contributed by atoms with Crippen molar-refractivity contribution in [1.82, 2.24) is 10.3 Å². The molecule has 1 aromatic heterocycles. The maximum Gasteiger partial charge on any atom is 0.325 e. The van der Waals surface area contributed by atoms with Gasteiger partial charge < -0.3 is 15.8 Å². The predicted molar refractivity (Wildman–Crippen MR) is 111 cm³/mol. The highest BCUT2D eigenvalue weighted by molar-refractivity contribution is 7.13. The number of guanidine groups is 1. The number of nitro benzene ring substituents is 1. The Morgan fingerprint density at radius 1 is 1.28 bits per heavy atom. The number of methoxy groups -OCH3 is 1. The minimum Gasteiger partial charge on any atom is -0.497 e. The molecule has 0 aliphatic carbocycles. The van der Waals surface area contributed by atoms with Crippen molar-refractivity contribution >= 4 is 39.8 Å². The lowest BCUT2D eigenvalue weighted by atomic mass is 10.1. The van der Waals surface area contributed by atoms with E-state index in [4.69, 9.17) is 10.5 Å². The van der Waals surface area contributed by atoms with Gasteiger partial charge in [-0.05, 0) is 12.1 Å². The van der Waals surface area contributed by atoms with Crippen molar-refractivity contribution in [2.24, 2.45) is 10.7 Å². The number of nitrogens with one attached hydrogen (secondary N) is 2. The Hall–Kier alpha value is -3.99. The van der Waals surface area contributed by atoms with Gasteiger partial charge in [-0.3, -0.25) is 15.4 Å². The van der Waals surface area contributed by atoms with Crippen LogP contribution in [0.15, 0.2) is 58.9 Å². The Bertz CT molecular complexity index is 1080. The third-order valence-electron chi connectivity index (χ3n) is 3.63. The van der Waals surface area contributed by atoms with Gasteiger partial charge in [0.25, 0.3) is 5.69 Å². The number of carbonyl (C=O) groups excluding carboxylic acids is 1. The van der Waals surface area contributed by atoms with E-state index >= 15 is 0 Å². The lowest BCUT2D eigenvalue weighted by Gasteiger charge is -2.07. The summed E-state index contributed by atoms with van der Waals surface area (Å²) in [6, 6.07) is 12.4. The minimum atomic E-state index is -0.574. The Kier molecular flexibility index (Phi) is 6.00. The van der Waals surface area contributed by atoms with Crippen molar-refractivity contribution in [3.63, 3.8) is 0 Å². The number of rotatable bonds is 5. The number of hydrogen-bond acceptors (Lipinski definition) is 7. The largest absolute Gasteiger partial charge is 0.497 e. The zero-order chi connectivity index (χ0) is 20.8. The summed E-state index contributed by atoms with van der Waals surface area (Å²) in [6.07, 6.45) is 0. The number of hydrogen-bond donors (Lipinski definition) is 3. The fraction of sp³-hybridized carbons (Fsp3) is 0.0556. The smallest absolute Gasteiger partial charge is 0.325 e. The molecule has 29 heavy (non-hydrogen) atoms. The van der Waals surface area contributed by atoms with Gasteiger partial charge in [0.1, 0.15) is 5.75 Å². The number of anilines is 1. The molecule has 3 aromatic rings. The lowest BCUT2D eigenvalue weighted by Crippen LogP contribution is -2.39. The predicted octanol–water partition coefficient (Wildman–Crippen LogP) is 3.49. The second-order valence-electron chi connectivity index (χ2n) is 5.63. The molecule has 0 unspecified atom stereocenters. The molecule has 0 aliphatic heterocycles. The third-order valence-corrected chi connectivity index (χ3v) is 4.36. The van der Waals surface area contributed by atoms with Crippen LogP contribution in [0.3, 0.4) is 0 Å². The van der Waals surface area contributed by atoms with Crippen LogP contribution < -0.4 is 21.1 Å². The molecule has 2 aromatic carbocycles. The first-order valence-electron chi connectivity index (χ1n) is 8.21. The number of nitrogens with zero attached hydrogens (tertiary/aromatic N) is 3. The molecule has 11 heteroatoms. The van der Waals surface area contributed by atoms with Crippen LogP contribution in [-0.4, -0.2) is 29.0 Å². The van der Waals surface area contributed by atoms with E-state index in [1.165, 1.54) is 30.6 Å². The molecule has 0 radical (unpaired) electrons. The van der Waals surface area contributed by atoms with Gasteiger partial charge in [-0.1, -0.05) is 18.2 Å². The molecule has 1 heterocycles. The van der Waals surface area contributed by atoms with Gasteiger partial charge in [-0.25, -0.2) is 9.78 Å². The summed E-state index contributed by atoms with van der Waals surface area (Å²) in [4.78, 5) is 30.8. The summed E-state index contributed by atoms with van der Waals surface area (Å²) in [7, 11) is 1.53. The van der Waals surface area contributed by atoms with Crippen molar-refractivity contribution in [2.75, 3.05) is 12.4 Å². The normalized spacial score (nSPS) is 11.0. The molecule has 3 rings (SSSR count).